The van der Waals surface area contributed by atoms with Crippen LogP contribution in [0, 0.1) is 0 Å². The minimum atomic E-state index is 0.324. The number of hydrogen-bond donors (Lipinski definition) is 0. The Morgan fingerprint density at radius 2 is 0.887 bits per heavy atom. The van der Waals surface area contributed by atoms with Crippen LogP contribution in [0.3, 0.4) is 0 Å². The van der Waals surface area contributed by atoms with Gasteiger partial charge in [-0.1, -0.05) is 149 Å². The van der Waals surface area contributed by atoms with Gasteiger partial charge in [0.1, 0.15) is 58.2 Å². The second kappa shape index (κ2) is 14.7. The second-order valence-corrected chi connectivity index (χ2v) is 15.4. The highest BCUT2D eigenvalue weighted by atomic mass is 16.3. The van der Waals surface area contributed by atoms with Crippen LogP contribution in [0.2, 0.25) is 0 Å². The molecule has 0 amide bonds. The van der Waals surface area contributed by atoms with Gasteiger partial charge in [-0.2, -0.15) is 0 Å². The van der Waals surface area contributed by atoms with Crippen molar-refractivity contribution in [3.8, 4) is 62.1 Å². The molecule has 3 aromatic heterocycles. The van der Waals surface area contributed by atoms with E-state index in [0.29, 0.717) is 83.2 Å². The molecule has 5 nitrogen and oxygen atoms in total. The molecule has 0 fully saturated rings. The smallest absolute Gasteiger partial charge is 0.164 e. The monoisotopic (exact) mass is 776 g/mol. The highest BCUT2D eigenvalue weighted by Crippen LogP contribution is 2.41. The number of benzene rings is 8. The van der Waals surface area contributed by atoms with E-state index in [4.69, 9.17) is 66.4 Å². The molecule has 11 aromatic rings. The molecule has 0 unspecified atom stereocenters. The van der Waals surface area contributed by atoms with Crippen LogP contribution in [0.1, 0.15) is 0 Å². The maximum absolute atomic E-state index is 6.94. The average molecular weight is 776 g/mol. The summed E-state index contributed by atoms with van der Waals surface area (Å²) in [5, 5.41) is 2.88. The number of furan rings is 1. The normalized spacial score (nSPS) is 11.6. The van der Waals surface area contributed by atoms with Gasteiger partial charge in [-0.3, -0.25) is 0 Å². The van der Waals surface area contributed by atoms with Crippen molar-refractivity contribution in [3.63, 3.8) is 0 Å². The number of nitrogens with zero attached hydrogens (tertiary/aromatic N) is 4. The Kier molecular flexibility index (Phi) is 8.97. The Labute approximate surface area is 365 Å². The van der Waals surface area contributed by atoms with Crippen molar-refractivity contribution in [3.05, 3.63) is 158 Å². The predicted molar refractivity (Wildman–Crippen MR) is 261 cm³/mol. The zero-order valence-corrected chi connectivity index (χ0v) is 33.2. The molecule has 11 rings (SSSR count). The SMILES string of the molecule is [B]c1cc([B])c2c(c1[B])c1c([B])c([B])cc([B])c1n2-c1cc(-c2cccc(-c3ccccc3)c2)c2oc3cc(-c4nc(-c5ccccc5)nc(-c5ccccc5)n4)ccc3c2c1. The summed E-state index contributed by atoms with van der Waals surface area (Å²) in [5.41, 5.74) is 11.8. The van der Waals surface area contributed by atoms with E-state index in [-0.39, 0.29) is 0 Å². The average Bonchev–Trinajstić information content (AvgIpc) is 3.88. The van der Waals surface area contributed by atoms with E-state index >= 15 is 0 Å². The Balaban J connectivity index is 1.19. The van der Waals surface area contributed by atoms with Crippen LogP contribution in [0.15, 0.2) is 162 Å². The molecule has 0 N–H and O–H groups in total. The molecule has 0 bridgehead atoms. The first-order valence-electron chi connectivity index (χ1n) is 20.0. The lowest BCUT2D eigenvalue weighted by atomic mass is 9.71. The molecule has 8 aromatic carbocycles. The summed E-state index contributed by atoms with van der Waals surface area (Å²) in [6.07, 6.45) is 0. The zero-order valence-electron chi connectivity index (χ0n) is 33.2. The topological polar surface area (TPSA) is 56.7 Å². The highest BCUT2D eigenvalue weighted by Gasteiger charge is 2.23. The van der Waals surface area contributed by atoms with Gasteiger partial charge < -0.3 is 8.98 Å². The third kappa shape index (κ3) is 6.14. The summed E-state index contributed by atoms with van der Waals surface area (Å²) >= 11 is 0. The van der Waals surface area contributed by atoms with Crippen molar-refractivity contribution < 1.29 is 4.42 Å². The Morgan fingerprint density at radius 1 is 0.387 bits per heavy atom. The molecule has 3 heterocycles. The number of rotatable bonds is 6. The third-order valence-corrected chi connectivity index (χ3v) is 11.6. The largest absolute Gasteiger partial charge is 0.455 e. The quantitative estimate of drug-likeness (QED) is 0.196. The molecular formula is C51H26B6N4O. The fourth-order valence-electron chi connectivity index (χ4n) is 8.60. The summed E-state index contributed by atoms with van der Waals surface area (Å²) in [5.74, 6) is 1.65. The molecule has 62 heavy (non-hydrogen) atoms. The molecular weight excluding hydrogens is 749 g/mol. The standard InChI is InChI=1S/C51H26B6N4O/c52-37-25-39(54)46-42(44(37)56)43-45(57)38(53)26-40(55)47(43)61(46)33-23-35(31-18-10-17-30(21-31)27-11-4-1-5-12-27)48-36(24-33)34-20-19-32(22-41(34)62-48)51-59-49(28-13-6-2-7-14-28)58-50(60-51)29-15-8-3-9-16-29/h1-26H. The first-order chi connectivity index (χ1) is 30.2. The van der Waals surface area contributed by atoms with E-state index in [9.17, 15) is 0 Å². The van der Waals surface area contributed by atoms with Crippen LogP contribution < -0.4 is 32.8 Å². The van der Waals surface area contributed by atoms with Gasteiger partial charge in [0.15, 0.2) is 17.5 Å². The summed E-state index contributed by atoms with van der Waals surface area (Å²) in [4.78, 5) is 14.9. The zero-order chi connectivity index (χ0) is 42.2. The Hall–Kier alpha value is -7.24. The lowest BCUT2D eigenvalue weighted by molar-refractivity contribution is 0.670. The molecule has 0 saturated heterocycles. The molecule has 0 saturated carbocycles. The molecule has 0 aliphatic rings. The van der Waals surface area contributed by atoms with E-state index in [0.717, 1.165) is 55.4 Å². The maximum atomic E-state index is 6.94. The predicted octanol–water partition coefficient (Wildman–Crippen LogP) is 5.97. The molecule has 0 aliphatic heterocycles. The van der Waals surface area contributed by atoms with Gasteiger partial charge in [0, 0.05) is 49.7 Å². The summed E-state index contributed by atoms with van der Waals surface area (Å²) < 4.78 is 8.94. The van der Waals surface area contributed by atoms with Gasteiger partial charge in [-0.05, 0) is 57.8 Å². The van der Waals surface area contributed by atoms with Crippen LogP contribution in [0.4, 0.5) is 0 Å². The van der Waals surface area contributed by atoms with Crippen molar-refractivity contribution in [2.75, 3.05) is 0 Å². The fourth-order valence-corrected chi connectivity index (χ4v) is 8.60. The van der Waals surface area contributed by atoms with Crippen LogP contribution in [0.5, 0.6) is 0 Å². The van der Waals surface area contributed by atoms with E-state index in [1.807, 2.05) is 102 Å². The van der Waals surface area contributed by atoms with Crippen LogP contribution in [-0.2, 0) is 0 Å². The van der Waals surface area contributed by atoms with Crippen molar-refractivity contribution in [2.45, 2.75) is 0 Å². The van der Waals surface area contributed by atoms with Gasteiger partial charge in [0.05, 0.1) is 0 Å². The van der Waals surface area contributed by atoms with Crippen molar-refractivity contribution in [2.24, 2.45) is 0 Å². The van der Waals surface area contributed by atoms with E-state index in [2.05, 4.69) is 48.5 Å². The van der Waals surface area contributed by atoms with Gasteiger partial charge in [0.25, 0.3) is 0 Å². The van der Waals surface area contributed by atoms with Crippen LogP contribution >= 0.6 is 0 Å². The number of hydrogen-bond acceptors (Lipinski definition) is 4. The number of fused-ring (bicyclic) bond motifs is 6. The summed E-state index contributed by atoms with van der Waals surface area (Å²) in [7, 11) is 40.0. The molecule has 0 aliphatic carbocycles. The Bertz CT molecular complexity index is 3460. The van der Waals surface area contributed by atoms with Crippen LogP contribution in [0.25, 0.3) is 106 Å². The molecule has 0 atom stereocenters. The van der Waals surface area contributed by atoms with Crippen molar-refractivity contribution in [1.82, 2.24) is 19.5 Å². The number of aromatic nitrogens is 4. The first-order valence-corrected chi connectivity index (χ1v) is 20.0. The second-order valence-electron chi connectivity index (χ2n) is 15.4. The van der Waals surface area contributed by atoms with Crippen LogP contribution in [-0.4, -0.2) is 66.6 Å². The van der Waals surface area contributed by atoms with E-state index < -0.39 is 0 Å². The van der Waals surface area contributed by atoms with Gasteiger partial charge >= 0.3 is 0 Å². The maximum Gasteiger partial charge on any atom is 0.164 e. The fraction of sp³-hybridized carbons (Fsp3) is 0. The molecule has 12 radical (unpaired) electrons. The van der Waals surface area contributed by atoms with Crippen molar-refractivity contribution in [1.29, 1.82) is 0 Å². The van der Waals surface area contributed by atoms with E-state index in [1.165, 1.54) is 0 Å². The molecule has 274 valence electrons. The van der Waals surface area contributed by atoms with Gasteiger partial charge in [-0.15, -0.1) is 10.9 Å². The summed E-state index contributed by atoms with van der Waals surface area (Å²) in [6, 6.07) is 52.0. The summed E-state index contributed by atoms with van der Waals surface area (Å²) in [6.45, 7) is 0. The van der Waals surface area contributed by atoms with Gasteiger partial charge in [0.2, 0.25) is 0 Å². The lowest BCUT2D eigenvalue weighted by Crippen LogP contribution is -2.33. The first kappa shape index (κ1) is 37.7. The Morgan fingerprint density at radius 3 is 1.45 bits per heavy atom. The lowest BCUT2D eigenvalue weighted by Gasteiger charge is -2.16. The molecule has 11 heteroatoms. The van der Waals surface area contributed by atoms with Crippen molar-refractivity contribution >= 4 is 124 Å². The minimum Gasteiger partial charge on any atom is -0.455 e. The van der Waals surface area contributed by atoms with E-state index in [1.54, 1.807) is 12.1 Å². The molecule has 0 spiro atoms. The minimum absolute atomic E-state index is 0.324. The highest BCUT2D eigenvalue weighted by molar-refractivity contribution is 6.62. The third-order valence-electron chi connectivity index (χ3n) is 11.6. The van der Waals surface area contributed by atoms with Gasteiger partial charge in [-0.25, -0.2) is 15.0 Å².